The largest absolute Gasteiger partial charge is 0.369 e. The molecular formula is C26H24Cl2N6O2. The molecule has 2 aromatic heterocycles. The van der Waals surface area contributed by atoms with Gasteiger partial charge in [0.15, 0.2) is 11.6 Å². The number of fused-ring (bicyclic) bond motifs is 1. The molecule has 0 spiro atoms. The van der Waals surface area contributed by atoms with Gasteiger partial charge in [0.2, 0.25) is 0 Å². The van der Waals surface area contributed by atoms with Crippen molar-refractivity contribution < 1.29 is 4.79 Å². The molecule has 0 amide bonds. The summed E-state index contributed by atoms with van der Waals surface area (Å²) in [5.41, 5.74) is 1.05. The van der Waals surface area contributed by atoms with Gasteiger partial charge in [-0.15, -0.1) is 0 Å². The number of benzene rings is 2. The minimum Gasteiger partial charge on any atom is -0.369 e. The van der Waals surface area contributed by atoms with Gasteiger partial charge in [0.25, 0.3) is 5.56 Å². The lowest BCUT2D eigenvalue weighted by molar-refractivity contribution is 0.101. The number of Topliss-reactive ketones (excluding diaryl/α,β-unsaturated/α-hetero) is 1. The molecule has 2 aromatic carbocycles. The number of hydrogen-bond donors (Lipinski definition) is 1. The summed E-state index contributed by atoms with van der Waals surface area (Å²) in [6, 6.07) is 13.8. The number of para-hydroxylation sites is 1. The van der Waals surface area contributed by atoms with Gasteiger partial charge in [0, 0.05) is 25.2 Å². The Hall–Kier alpha value is -3.75. The smallest absolute Gasteiger partial charge is 0.264 e. The Balaban J connectivity index is 1.93. The monoisotopic (exact) mass is 522 g/mol. The highest BCUT2D eigenvalue weighted by molar-refractivity contribution is 6.40. The SMILES string of the molecule is CC(=O)c1c(N=CN(C)C)ncnc1N[C@@H](C)c1c(Cl)c2cccc(Cl)c2c(=O)n1-c1ccccc1. The molecule has 2 heterocycles. The van der Waals surface area contributed by atoms with Crippen molar-refractivity contribution in [2.75, 3.05) is 19.4 Å². The number of ketones is 1. The van der Waals surface area contributed by atoms with Crippen molar-refractivity contribution in [3.8, 4) is 5.69 Å². The number of nitrogens with one attached hydrogen (secondary N) is 1. The van der Waals surface area contributed by atoms with Crippen molar-refractivity contribution in [2.45, 2.75) is 19.9 Å². The summed E-state index contributed by atoms with van der Waals surface area (Å²) in [6.07, 6.45) is 2.88. The highest BCUT2D eigenvalue weighted by Gasteiger charge is 2.25. The fourth-order valence-electron chi connectivity index (χ4n) is 3.95. The fourth-order valence-corrected chi connectivity index (χ4v) is 4.61. The molecule has 1 atom stereocenters. The lowest BCUT2D eigenvalue weighted by Gasteiger charge is -2.24. The number of aromatic nitrogens is 3. The third kappa shape index (κ3) is 4.82. The lowest BCUT2D eigenvalue weighted by atomic mass is 10.1. The van der Waals surface area contributed by atoms with E-state index < -0.39 is 6.04 Å². The van der Waals surface area contributed by atoms with E-state index >= 15 is 0 Å². The van der Waals surface area contributed by atoms with Crippen LogP contribution in [0.2, 0.25) is 10.0 Å². The summed E-state index contributed by atoms with van der Waals surface area (Å²) >= 11 is 13.4. The van der Waals surface area contributed by atoms with Crippen molar-refractivity contribution in [1.82, 2.24) is 19.4 Å². The van der Waals surface area contributed by atoms with E-state index in [1.165, 1.54) is 17.8 Å². The summed E-state index contributed by atoms with van der Waals surface area (Å²) in [4.78, 5) is 40.8. The van der Waals surface area contributed by atoms with Crippen LogP contribution < -0.4 is 10.9 Å². The van der Waals surface area contributed by atoms with Gasteiger partial charge in [0.05, 0.1) is 33.5 Å². The molecule has 0 fully saturated rings. The topological polar surface area (TPSA) is 92.5 Å². The van der Waals surface area contributed by atoms with Crippen LogP contribution in [0.15, 0.2) is 64.6 Å². The molecule has 10 heteroatoms. The molecule has 0 bridgehead atoms. The van der Waals surface area contributed by atoms with Gasteiger partial charge >= 0.3 is 0 Å². The quantitative estimate of drug-likeness (QED) is 0.190. The van der Waals surface area contributed by atoms with Gasteiger partial charge in [-0.25, -0.2) is 15.0 Å². The van der Waals surface area contributed by atoms with E-state index in [-0.39, 0.29) is 28.5 Å². The number of nitrogens with zero attached hydrogens (tertiary/aromatic N) is 5. The number of pyridine rings is 1. The second kappa shape index (κ2) is 10.5. The molecule has 0 aliphatic rings. The van der Waals surface area contributed by atoms with Crippen LogP contribution in [0.4, 0.5) is 11.6 Å². The third-order valence-corrected chi connectivity index (χ3v) is 6.21. The normalized spacial score (nSPS) is 12.2. The van der Waals surface area contributed by atoms with Crippen LogP contribution in [0.3, 0.4) is 0 Å². The van der Waals surface area contributed by atoms with Gasteiger partial charge in [-0.3, -0.25) is 14.2 Å². The van der Waals surface area contributed by atoms with Gasteiger partial charge in [0.1, 0.15) is 17.7 Å². The first kappa shape index (κ1) is 25.3. The van der Waals surface area contributed by atoms with Gasteiger partial charge in [-0.05, 0) is 32.0 Å². The molecule has 4 rings (SSSR count). The minimum absolute atomic E-state index is 0.232. The lowest BCUT2D eigenvalue weighted by Crippen LogP contribution is -2.27. The Morgan fingerprint density at radius 3 is 2.50 bits per heavy atom. The average molecular weight is 523 g/mol. The Morgan fingerprint density at radius 2 is 1.83 bits per heavy atom. The Bertz CT molecular complexity index is 1530. The first-order valence-electron chi connectivity index (χ1n) is 11.1. The summed E-state index contributed by atoms with van der Waals surface area (Å²) in [5.74, 6) is 0.260. The Kier molecular flexibility index (Phi) is 7.37. The highest BCUT2D eigenvalue weighted by Crippen LogP contribution is 2.35. The fraction of sp³-hybridized carbons (Fsp3) is 0.192. The zero-order chi connectivity index (χ0) is 26.0. The molecule has 1 N–H and O–H groups in total. The average Bonchev–Trinajstić information content (AvgIpc) is 2.84. The zero-order valence-corrected chi connectivity index (χ0v) is 21.7. The van der Waals surface area contributed by atoms with Crippen LogP contribution in [0.25, 0.3) is 16.5 Å². The second-order valence-electron chi connectivity index (χ2n) is 8.39. The van der Waals surface area contributed by atoms with E-state index in [1.54, 1.807) is 29.4 Å². The van der Waals surface area contributed by atoms with Crippen molar-refractivity contribution in [3.05, 3.63) is 86.5 Å². The van der Waals surface area contributed by atoms with Gasteiger partial charge in [-0.2, -0.15) is 0 Å². The maximum absolute atomic E-state index is 13.7. The Morgan fingerprint density at radius 1 is 1.11 bits per heavy atom. The molecule has 0 unspecified atom stereocenters. The molecule has 0 saturated heterocycles. The standard InChI is InChI=1S/C26H24Cl2N6O2/c1-15(32-25-20(16(2)35)24(29-13-30-25)31-14-33(3)4)23-22(28)18-11-8-12-19(27)21(18)26(36)34(23)17-9-6-5-7-10-17/h5-15H,1-4H3,(H,29,30,32)/t15-/m0/s1. The minimum atomic E-state index is -0.549. The highest BCUT2D eigenvalue weighted by atomic mass is 35.5. The van der Waals surface area contributed by atoms with Crippen LogP contribution in [-0.4, -0.2) is 45.7 Å². The van der Waals surface area contributed by atoms with E-state index in [9.17, 15) is 9.59 Å². The van der Waals surface area contributed by atoms with Crippen molar-refractivity contribution >= 4 is 57.7 Å². The van der Waals surface area contributed by atoms with E-state index in [4.69, 9.17) is 23.2 Å². The van der Waals surface area contributed by atoms with Crippen LogP contribution in [0.1, 0.15) is 35.9 Å². The van der Waals surface area contributed by atoms with Crippen LogP contribution in [0.5, 0.6) is 0 Å². The van der Waals surface area contributed by atoms with E-state index in [0.717, 1.165) is 0 Å². The van der Waals surface area contributed by atoms with E-state index in [2.05, 4.69) is 20.3 Å². The van der Waals surface area contributed by atoms with E-state index in [0.29, 0.717) is 32.2 Å². The summed E-state index contributed by atoms with van der Waals surface area (Å²) < 4.78 is 1.54. The molecule has 0 aliphatic carbocycles. The van der Waals surface area contributed by atoms with E-state index in [1.807, 2.05) is 51.4 Å². The summed E-state index contributed by atoms with van der Waals surface area (Å²) in [5, 5.41) is 4.80. The van der Waals surface area contributed by atoms with Gasteiger partial charge < -0.3 is 10.2 Å². The molecule has 4 aromatic rings. The maximum Gasteiger partial charge on any atom is 0.264 e. The van der Waals surface area contributed by atoms with Crippen molar-refractivity contribution in [2.24, 2.45) is 4.99 Å². The van der Waals surface area contributed by atoms with Crippen molar-refractivity contribution in [1.29, 1.82) is 0 Å². The number of hydrogen-bond acceptors (Lipinski definition) is 6. The third-order valence-electron chi connectivity index (χ3n) is 5.50. The zero-order valence-electron chi connectivity index (χ0n) is 20.2. The van der Waals surface area contributed by atoms with Crippen LogP contribution in [0, 0.1) is 0 Å². The van der Waals surface area contributed by atoms with Crippen LogP contribution >= 0.6 is 23.2 Å². The number of anilines is 1. The molecule has 8 nitrogen and oxygen atoms in total. The molecule has 0 saturated carbocycles. The molecule has 184 valence electrons. The first-order valence-corrected chi connectivity index (χ1v) is 11.9. The number of aliphatic imine (C=N–C) groups is 1. The predicted octanol–water partition coefficient (Wildman–Crippen LogP) is 5.68. The molecule has 36 heavy (non-hydrogen) atoms. The number of halogens is 2. The van der Waals surface area contributed by atoms with Crippen molar-refractivity contribution in [3.63, 3.8) is 0 Å². The number of carbonyl (C=O) groups excluding carboxylic acids is 1. The summed E-state index contributed by atoms with van der Waals surface area (Å²) in [6.45, 7) is 3.26. The second-order valence-corrected chi connectivity index (χ2v) is 9.17. The number of carbonyl (C=O) groups is 1. The molecular weight excluding hydrogens is 499 g/mol. The first-order chi connectivity index (χ1) is 17.2. The maximum atomic E-state index is 13.7. The molecule has 0 radical (unpaired) electrons. The van der Waals surface area contributed by atoms with Gasteiger partial charge in [-0.1, -0.05) is 53.5 Å². The Labute approximate surface area is 218 Å². The van der Waals surface area contributed by atoms with Crippen LogP contribution in [-0.2, 0) is 0 Å². The summed E-state index contributed by atoms with van der Waals surface area (Å²) in [7, 11) is 3.63. The molecule has 0 aliphatic heterocycles. The number of rotatable bonds is 7. The predicted molar refractivity (Wildman–Crippen MR) is 145 cm³/mol.